The van der Waals surface area contributed by atoms with Gasteiger partial charge in [0.25, 0.3) is 0 Å². The van der Waals surface area contributed by atoms with Gasteiger partial charge in [-0.3, -0.25) is 4.98 Å². The zero-order valence-corrected chi connectivity index (χ0v) is 9.12. The van der Waals surface area contributed by atoms with Gasteiger partial charge >= 0.3 is 0 Å². The average molecular weight is 190 g/mol. The van der Waals surface area contributed by atoms with Gasteiger partial charge in [-0.2, -0.15) is 0 Å². The van der Waals surface area contributed by atoms with Crippen molar-refractivity contribution in [3.63, 3.8) is 0 Å². The number of aromatic nitrogens is 1. The predicted molar refractivity (Wildman–Crippen MR) is 58.0 cm³/mol. The normalized spacial score (nSPS) is 28.9. The van der Waals surface area contributed by atoms with Crippen LogP contribution in [-0.2, 0) is 0 Å². The molecule has 1 aromatic rings. The molecule has 0 spiro atoms. The second-order valence-corrected chi connectivity index (χ2v) is 4.94. The number of hydrogen-bond donors (Lipinski definition) is 1. The Balaban J connectivity index is 2.26. The highest BCUT2D eigenvalue weighted by molar-refractivity contribution is 5.31. The van der Waals surface area contributed by atoms with Gasteiger partial charge in [0.2, 0.25) is 0 Å². The lowest BCUT2D eigenvalue weighted by molar-refractivity contribution is 0.558. The molecule has 2 rings (SSSR count). The molecule has 2 nitrogen and oxygen atoms in total. The van der Waals surface area contributed by atoms with E-state index < -0.39 is 0 Å². The summed E-state index contributed by atoms with van der Waals surface area (Å²) in [4.78, 5) is 4.24. The average Bonchev–Trinajstić information content (AvgIpc) is 2.68. The topological polar surface area (TPSA) is 38.9 Å². The van der Waals surface area contributed by atoms with Crippen molar-refractivity contribution in [1.29, 1.82) is 0 Å². The molecule has 1 aliphatic carbocycles. The summed E-state index contributed by atoms with van der Waals surface area (Å²) in [6.45, 7) is 7.45. The van der Waals surface area contributed by atoms with E-state index in [0.29, 0.717) is 17.3 Å². The molecule has 1 heterocycles. The first-order valence-electron chi connectivity index (χ1n) is 5.19. The third-order valence-electron chi connectivity index (χ3n) is 3.56. The fourth-order valence-corrected chi connectivity index (χ4v) is 2.59. The van der Waals surface area contributed by atoms with Gasteiger partial charge in [0.15, 0.2) is 0 Å². The fourth-order valence-electron chi connectivity index (χ4n) is 2.59. The molecule has 1 aliphatic rings. The Hall–Kier alpha value is -0.890. The van der Waals surface area contributed by atoms with Gasteiger partial charge in [0.05, 0.1) is 0 Å². The van der Waals surface area contributed by atoms with Crippen LogP contribution in [0.15, 0.2) is 18.5 Å². The van der Waals surface area contributed by atoms with Crippen LogP contribution < -0.4 is 5.73 Å². The number of hydrogen-bond acceptors (Lipinski definition) is 2. The Bertz CT molecular complexity index is 344. The van der Waals surface area contributed by atoms with E-state index in [-0.39, 0.29) is 0 Å². The molecule has 0 saturated heterocycles. The number of pyridine rings is 1. The van der Waals surface area contributed by atoms with Gasteiger partial charge < -0.3 is 5.73 Å². The minimum atomic E-state index is 0.365. The second kappa shape index (κ2) is 3.06. The fraction of sp³-hybridized carbons (Fsp3) is 0.583. The van der Waals surface area contributed by atoms with E-state index in [4.69, 9.17) is 5.73 Å². The lowest BCUT2D eigenvalue weighted by Crippen LogP contribution is -2.05. The van der Waals surface area contributed by atoms with Gasteiger partial charge in [-0.15, -0.1) is 0 Å². The van der Waals surface area contributed by atoms with E-state index in [1.54, 1.807) is 0 Å². The maximum atomic E-state index is 5.75. The van der Waals surface area contributed by atoms with Crippen LogP contribution in [-0.4, -0.2) is 11.5 Å². The number of aryl methyl sites for hydroxylation is 1. The van der Waals surface area contributed by atoms with Crippen molar-refractivity contribution in [2.75, 3.05) is 6.54 Å². The quantitative estimate of drug-likeness (QED) is 0.775. The third-order valence-corrected chi connectivity index (χ3v) is 3.56. The smallest absolute Gasteiger partial charge is 0.0303 e. The van der Waals surface area contributed by atoms with Gasteiger partial charge in [-0.25, -0.2) is 0 Å². The molecule has 0 amide bonds. The molecule has 14 heavy (non-hydrogen) atoms. The van der Waals surface area contributed by atoms with Crippen LogP contribution in [0.1, 0.15) is 30.9 Å². The summed E-state index contributed by atoms with van der Waals surface area (Å²) in [5, 5.41) is 0. The molecule has 2 heteroatoms. The van der Waals surface area contributed by atoms with Gasteiger partial charge in [-0.05, 0) is 41.8 Å². The molecule has 0 bridgehead atoms. The summed E-state index contributed by atoms with van der Waals surface area (Å²) in [6, 6.07) is 2.23. The Morgan fingerprint density at radius 2 is 2.14 bits per heavy atom. The number of nitrogens with zero attached hydrogens (tertiary/aromatic N) is 1. The summed E-state index contributed by atoms with van der Waals surface area (Å²) in [7, 11) is 0. The number of nitrogens with two attached hydrogens (primary N) is 1. The molecule has 0 aliphatic heterocycles. The van der Waals surface area contributed by atoms with E-state index in [0.717, 1.165) is 6.54 Å². The second-order valence-electron chi connectivity index (χ2n) is 4.94. The van der Waals surface area contributed by atoms with E-state index >= 15 is 0 Å². The van der Waals surface area contributed by atoms with Crippen molar-refractivity contribution in [2.24, 2.45) is 17.1 Å². The Morgan fingerprint density at radius 3 is 2.64 bits per heavy atom. The standard InChI is InChI=1S/C12H18N2/c1-8-4-9(7-14-6-8)11-10(5-13)12(11,2)3/h4,6-7,10-11H,5,13H2,1-3H3/t10-,11-/m1/s1. The summed E-state index contributed by atoms with van der Waals surface area (Å²) < 4.78 is 0. The molecule has 0 aromatic carbocycles. The van der Waals surface area contributed by atoms with Crippen molar-refractivity contribution >= 4 is 0 Å². The molecule has 1 fully saturated rings. The van der Waals surface area contributed by atoms with Crippen LogP contribution in [0.25, 0.3) is 0 Å². The van der Waals surface area contributed by atoms with E-state index in [1.807, 2.05) is 12.4 Å². The van der Waals surface area contributed by atoms with Crippen molar-refractivity contribution in [2.45, 2.75) is 26.7 Å². The maximum Gasteiger partial charge on any atom is 0.0303 e. The monoisotopic (exact) mass is 190 g/mol. The van der Waals surface area contributed by atoms with Crippen LogP contribution in [0.3, 0.4) is 0 Å². The minimum Gasteiger partial charge on any atom is -0.330 e. The highest BCUT2D eigenvalue weighted by Gasteiger charge is 2.57. The minimum absolute atomic E-state index is 0.365. The molecule has 0 radical (unpaired) electrons. The van der Waals surface area contributed by atoms with Crippen LogP contribution in [0.2, 0.25) is 0 Å². The summed E-state index contributed by atoms with van der Waals surface area (Å²) in [6.07, 6.45) is 3.88. The van der Waals surface area contributed by atoms with Gasteiger partial charge in [0.1, 0.15) is 0 Å². The van der Waals surface area contributed by atoms with Crippen molar-refractivity contribution in [3.8, 4) is 0 Å². The first-order valence-corrected chi connectivity index (χ1v) is 5.19. The summed E-state index contributed by atoms with van der Waals surface area (Å²) in [5.41, 5.74) is 8.71. The maximum absolute atomic E-state index is 5.75. The van der Waals surface area contributed by atoms with Crippen LogP contribution in [0.4, 0.5) is 0 Å². The Kier molecular flexibility index (Phi) is 2.11. The molecule has 2 atom stereocenters. The predicted octanol–water partition coefficient (Wildman–Crippen LogP) is 2.09. The van der Waals surface area contributed by atoms with Crippen LogP contribution >= 0.6 is 0 Å². The molecular weight excluding hydrogens is 172 g/mol. The first-order chi connectivity index (χ1) is 6.57. The zero-order valence-electron chi connectivity index (χ0n) is 9.12. The highest BCUT2D eigenvalue weighted by Crippen LogP contribution is 2.63. The zero-order chi connectivity index (χ0) is 10.3. The van der Waals surface area contributed by atoms with Gasteiger partial charge in [0, 0.05) is 12.4 Å². The van der Waals surface area contributed by atoms with Crippen molar-refractivity contribution < 1.29 is 0 Å². The lowest BCUT2D eigenvalue weighted by Gasteiger charge is -2.03. The number of rotatable bonds is 2. The summed E-state index contributed by atoms with van der Waals surface area (Å²) >= 11 is 0. The van der Waals surface area contributed by atoms with Gasteiger partial charge in [-0.1, -0.05) is 19.9 Å². The van der Waals surface area contributed by atoms with Crippen molar-refractivity contribution in [1.82, 2.24) is 4.98 Å². The van der Waals surface area contributed by atoms with Crippen molar-refractivity contribution in [3.05, 3.63) is 29.6 Å². The molecule has 1 saturated carbocycles. The Morgan fingerprint density at radius 1 is 1.43 bits per heavy atom. The largest absolute Gasteiger partial charge is 0.330 e. The third kappa shape index (κ3) is 1.34. The SMILES string of the molecule is Cc1cncc([C@@H]2[C@@H](CN)C2(C)C)c1. The lowest BCUT2D eigenvalue weighted by atomic mass is 10.0. The molecule has 0 unspecified atom stereocenters. The van der Waals surface area contributed by atoms with E-state index in [1.165, 1.54) is 11.1 Å². The molecule has 2 N–H and O–H groups in total. The van der Waals surface area contributed by atoms with E-state index in [9.17, 15) is 0 Å². The molecule has 76 valence electrons. The molecule has 1 aromatic heterocycles. The highest BCUT2D eigenvalue weighted by atomic mass is 14.7. The summed E-state index contributed by atoms with van der Waals surface area (Å²) in [5.74, 6) is 1.24. The molecular formula is C12H18N2. The first kappa shape index (κ1) is 9.66. The van der Waals surface area contributed by atoms with Crippen LogP contribution in [0, 0.1) is 18.3 Å². The van der Waals surface area contributed by atoms with Crippen LogP contribution in [0.5, 0.6) is 0 Å². The van der Waals surface area contributed by atoms with E-state index in [2.05, 4.69) is 31.8 Å². The Labute approximate surface area is 85.5 Å².